The van der Waals surface area contributed by atoms with Gasteiger partial charge in [0, 0.05) is 29.9 Å². The maximum Gasteiger partial charge on any atom is 0.219 e. The van der Waals surface area contributed by atoms with Crippen LogP contribution in [0.4, 0.5) is 0 Å². The summed E-state index contributed by atoms with van der Waals surface area (Å²) in [7, 11) is 0. The predicted octanol–water partition coefficient (Wildman–Crippen LogP) is 5.69. The second-order valence-electron chi connectivity index (χ2n) is 9.13. The van der Waals surface area contributed by atoms with Crippen LogP contribution in [0.5, 0.6) is 11.6 Å². The quantitative estimate of drug-likeness (QED) is 0.299. The number of tetrazole rings is 1. The van der Waals surface area contributed by atoms with Crippen LogP contribution in [0.25, 0.3) is 33.7 Å². The van der Waals surface area contributed by atoms with Gasteiger partial charge in [0.05, 0.1) is 6.54 Å². The first-order chi connectivity index (χ1) is 18.6. The molecule has 1 N–H and O–H groups in total. The van der Waals surface area contributed by atoms with Gasteiger partial charge in [-0.3, -0.25) is 0 Å². The molecule has 38 heavy (non-hydrogen) atoms. The molecule has 0 bridgehead atoms. The Bertz CT molecular complexity index is 1710. The van der Waals surface area contributed by atoms with Gasteiger partial charge in [0.25, 0.3) is 0 Å². The molecule has 0 aliphatic heterocycles. The van der Waals surface area contributed by atoms with Crippen LogP contribution < -0.4 is 4.74 Å². The van der Waals surface area contributed by atoms with Gasteiger partial charge in [0.2, 0.25) is 11.7 Å². The molecule has 0 unspecified atom stereocenters. The third-order valence-corrected chi connectivity index (χ3v) is 6.46. The summed E-state index contributed by atoms with van der Waals surface area (Å²) in [6.07, 6.45) is 2.54. The first-order valence-corrected chi connectivity index (χ1v) is 12.5. The largest absolute Gasteiger partial charge is 0.439 e. The minimum atomic E-state index is 0.516. The Morgan fingerprint density at radius 1 is 0.921 bits per heavy atom. The Balaban J connectivity index is 1.36. The Labute approximate surface area is 219 Å². The number of benzene rings is 2. The number of nitrogens with zero attached hydrogens (tertiary/aromatic N) is 7. The average Bonchev–Trinajstić information content (AvgIpc) is 3.59. The number of pyridine rings is 2. The molecule has 0 atom stereocenters. The maximum atomic E-state index is 6.00. The zero-order valence-corrected chi connectivity index (χ0v) is 21.4. The van der Waals surface area contributed by atoms with Crippen LogP contribution >= 0.6 is 0 Å². The monoisotopic (exact) mass is 502 g/mol. The SMILES string of the molecule is CCc1nc2c(C)cc(C)nc2n1Cc1ccc(-c2cc(Oc3ccccn3)ccc2-c2nn[nH]n2)cc1. The Kier molecular flexibility index (Phi) is 6.09. The van der Waals surface area contributed by atoms with Crippen molar-refractivity contribution >= 4 is 11.2 Å². The van der Waals surface area contributed by atoms with E-state index in [4.69, 9.17) is 14.7 Å². The van der Waals surface area contributed by atoms with E-state index in [1.54, 1.807) is 6.20 Å². The third kappa shape index (κ3) is 4.50. The molecule has 4 heterocycles. The molecule has 0 saturated heterocycles. The lowest BCUT2D eigenvalue weighted by molar-refractivity contribution is 0.463. The van der Waals surface area contributed by atoms with Gasteiger partial charge in [0.15, 0.2) is 5.65 Å². The van der Waals surface area contributed by atoms with E-state index >= 15 is 0 Å². The smallest absolute Gasteiger partial charge is 0.219 e. The molecule has 0 saturated carbocycles. The number of imidazole rings is 1. The average molecular weight is 503 g/mol. The van der Waals surface area contributed by atoms with Crippen LogP contribution in [-0.2, 0) is 13.0 Å². The summed E-state index contributed by atoms with van der Waals surface area (Å²) in [6.45, 7) is 6.94. The molecule has 0 radical (unpaired) electrons. The number of fused-ring (bicyclic) bond motifs is 1. The molecule has 0 amide bonds. The Morgan fingerprint density at radius 3 is 2.53 bits per heavy atom. The first kappa shape index (κ1) is 23.5. The van der Waals surface area contributed by atoms with E-state index in [1.165, 1.54) is 0 Å². The number of rotatable bonds is 7. The second kappa shape index (κ2) is 9.85. The van der Waals surface area contributed by atoms with Gasteiger partial charge in [-0.2, -0.15) is 5.21 Å². The highest BCUT2D eigenvalue weighted by Crippen LogP contribution is 2.35. The molecule has 4 aromatic heterocycles. The predicted molar refractivity (Wildman–Crippen MR) is 145 cm³/mol. The summed E-state index contributed by atoms with van der Waals surface area (Å²) >= 11 is 0. The molecule has 2 aromatic carbocycles. The van der Waals surface area contributed by atoms with Gasteiger partial charge in [-0.1, -0.05) is 37.3 Å². The van der Waals surface area contributed by atoms with Crippen LogP contribution in [0.1, 0.15) is 29.6 Å². The molecule has 6 aromatic rings. The zero-order valence-electron chi connectivity index (χ0n) is 21.4. The van der Waals surface area contributed by atoms with Gasteiger partial charge in [-0.25, -0.2) is 15.0 Å². The summed E-state index contributed by atoms with van der Waals surface area (Å²) in [5.41, 5.74) is 8.00. The summed E-state index contributed by atoms with van der Waals surface area (Å²) in [6, 6.07) is 21.9. The highest BCUT2D eigenvalue weighted by Gasteiger charge is 2.16. The Hall–Kier alpha value is -4.92. The first-order valence-electron chi connectivity index (χ1n) is 12.5. The third-order valence-electron chi connectivity index (χ3n) is 6.46. The molecular weight excluding hydrogens is 476 g/mol. The van der Waals surface area contributed by atoms with Gasteiger partial charge >= 0.3 is 0 Å². The van der Waals surface area contributed by atoms with E-state index in [9.17, 15) is 0 Å². The van der Waals surface area contributed by atoms with E-state index in [0.29, 0.717) is 24.0 Å². The molecule has 0 aliphatic carbocycles. The van der Waals surface area contributed by atoms with Crippen LogP contribution in [0, 0.1) is 13.8 Å². The highest BCUT2D eigenvalue weighted by atomic mass is 16.5. The second-order valence-corrected chi connectivity index (χ2v) is 9.13. The van der Waals surface area contributed by atoms with Crippen molar-refractivity contribution in [2.75, 3.05) is 0 Å². The number of nitrogens with one attached hydrogen (secondary N) is 1. The molecule has 0 fully saturated rings. The summed E-state index contributed by atoms with van der Waals surface area (Å²) in [5, 5.41) is 14.7. The van der Waals surface area contributed by atoms with Crippen molar-refractivity contribution in [1.82, 2.24) is 40.1 Å². The normalized spacial score (nSPS) is 11.2. The lowest BCUT2D eigenvalue weighted by Gasteiger charge is -2.12. The van der Waals surface area contributed by atoms with Gasteiger partial charge in [-0.15, -0.1) is 10.2 Å². The van der Waals surface area contributed by atoms with Crippen molar-refractivity contribution in [3.63, 3.8) is 0 Å². The number of H-pyrrole nitrogens is 1. The molecule has 9 heteroatoms. The molecule has 0 spiro atoms. The fraction of sp³-hybridized carbons (Fsp3) is 0.172. The van der Waals surface area contributed by atoms with Crippen molar-refractivity contribution < 1.29 is 4.74 Å². The number of ether oxygens (including phenoxy) is 1. The Morgan fingerprint density at radius 2 is 1.79 bits per heavy atom. The van der Waals surface area contributed by atoms with E-state index in [-0.39, 0.29) is 0 Å². The van der Waals surface area contributed by atoms with Gasteiger partial charge < -0.3 is 9.30 Å². The highest BCUT2D eigenvalue weighted by molar-refractivity contribution is 5.82. The topological polar surface area (TPSA) is 107 Å². The van der Waals surface area contributed by atoms with Crippen molar-refractivity contribution in [2.24, 2.45) is 0 Å². The van der Waals surface area contributed by atoms with Crippen LogP contribution in [-0.4, -0.2) is 40.1 Å². The molecular formula is C29H26N8O. The maximum absolute atomic E-state index is 6.00. The lowest BCUT2D eigenvalue weighted by atomic mass is 9.98. The summed E-state index contributed by atoms with van der Waals surface area (Å²) in [4.78, 5) is 14.0. The van der Waals surface area contributed by atoms with Crippen molar-refractivity contribution in [3.05, 3.63) is 95.6 Å². The van der Waals surface area contributed by atoms with Crippen molar-refractivity contribution in [2.45, 2.75) is 33.7 Å². The van der Waals surface area contributed by atoms with Gasteiger partial charge in [-0.05, 0) is 71.6 Å². The standard InChI is InChI=1S/C29H26N8O/c1-4-25-32-27-18(2)15-19(3)31-29(27)37(25)17-20-8-10-21(11-9-20)24-16-22(38-26-7-5-6-14-30-26)12-13-23(24)28-33-35-36-34-28/h5-16H,4,17H2,1-3H3,(H,33,34,35,36). The van der Waals surface area contributed by atoms with E-state index < -0.39 is 0 Å². The lowest BCUT2D eigenvalue weighted by Crippen LogP contribution is -2.05. The fourth-order valence-electron chi connectivity index (χ4n) is 4.68. The number of hydrogen-bond donors (Lipinski definition) is 1. The van der Waals surface area contributed by atoms with E-state index in [2.05, 4.69) is 74.4 Å². The van der Waals surface area contributed by atoms with Crippen molar-refractivity contribution in [1.29, 1.82) is 0 Å². The molecule has 6 rings (SSSR count). The van der Waals surface area contributed by atoms with E-state index in [0.717, 1.165) is 56.9 Å². The van der Waals surface area contributed by atoms with Crippen LogP contribution in [0.2, 0.25) is 0 Å². The number of aromatic nitrogens is 8. The minimum Gasteiger partial charge on any atom is -0.439 e. The zero-order chi connectivity index (χ0) is 26.1. The van der Waals surface area contributed by atoms with Gasteiger partial charge in [0.1, 0.15) is 17.1 Å². The minimum absolute atomic E-state index is 0.516. The van der Waals surface area contributed by atoms with Crippen LogP contribution in [0.15, 0.2) is 72.9 Å². The number of aromatic amines is 1. The van der Waals surface area contributed by atoms with E-state index in [1.807, 2.05) is 43.3 Å². The number of aryl methyl sites for hydroxylation is 3. The fourth-order valence-corrected chi connectivity index (χ4v) is 4.68. The van der Waals surface area contributed by atoms with Crippen LogP contribution in [0.3, 0.4) is 0 Å². The molecule has 9 nitrogen and oxygen atoms in total. The number of hydrogen-bond acceptors (Lipinski definition) is 7. The molecule has 188 valence electrons. The summed E-state index contributed by atoms with van der Waals surface area (Å²) in [5.74, 6) is 2.75. The summed E-state index contributed by atoms with van der Waals surface area (Å²) < 4.78 is 8.22. The van der Waals surface area contributed by atoms with Crippen molar-refractivity contribution in [3.8, 4) is 34.1 Å². The molecule has 0 aliphatic rings.